The van der Waals surface area contributed by atoms with Gasteiger partial charge in [-0.15, -0.1) is 0 Å². The van der Waals surface area contributed by atoms with Crippen LogP contribution in [0.1, 0.15) is 24.8 Å². The van der Waals surface area contributed by atoms with Crippen molar-refractivity contribution in [1.29, 1.82) is 5.26 Å². The van der Waals surface area contributed by atoms with Gasteiger partial charge in [0, 0.05) is 18.8 Å². The maximum atomic E-state index is 13.8. The van der Waals surface area contributed by atoms with Crippen molar-refractivity contribution in [3.05, 3.63) is 23.8 Å². The number of nitriles is 1. The fourth-order valence-corrected chi connectivity index (χ4v) is 5.84. The normalized spacial score (nSPS) is 24.9. The van der Waals surface area contributed by atoms with Crippen LogP contribution in [0, 0.1) is 11.3 Å². The Morgan fingerprint density at radius 3 is 2.67 bits per heavy atom. The molecule has 2 heterocycles. The lowest BCUT2D eigenvalue weighted by atomic mass is 10.1. The van der Waals surface area contributed by atoms with Crippen molar-refractivity contribution < 1.29 is 35.9 Å². The van der Waals surface area contributed by atoms with Gasteiger partial charge in [-0.3, -0.25) is 9.59 Å². The highest BCUT2D eigenvalue weighted by Gasteiger charge is 2.48. The number of hydrogen-bond acceptors (Lipinski definition) is 7. The fraction of sp³-hybridized carbons (Fsp3) is 0.550. The molecule has 1 saturated carbocycles. The predicted octanol–water partition coefficient (Wildman–Crippen LogP) is 0.745. The van der Waals surface area contributed by atoms with Crippen LogP contribution >= 0.6 is 0 Å². The number of nitrogens with one attached hydrogen (secondary N) is 2. The second kappa shape index (κ2) is 8.27. The van der Waals surface area contributed by atoms with E-state index in [4.69, 9.17) is 10.00 Å². The summed E-state index contributed by atoms with van der Waals surface area (Å²) in [5.41, 5.74) is -2.37. The molecule has 2 saturated heterocycles. The first-order chi connectivity index (χ1) is 15.5. The summed E-state index contributed by atoms with van der Waals surface area (Å²) in [6.45, 7) is -0.278. The molecule has 0 aromatic heterocycles. The number of morpholine rings is 1. The van der Waals surface area contributed by atoms with Gasteiger partial charge in [-0.2, -0.15) is 18.4 Å². The number of sulfone groups is 1. The van der Waals surface area contributed by atoms with Gasteiger partial charge in [-0.1, -0.05) is 0 Å². The number of hydrogen-bond donors (Lipinski definition) is 2. The molecule has 0 unspecified atom stereocenters. The number of carbonyl (C=O) groups is 2. The zero-order valence-corrected chi connectivity index (χ0v) is 18.1. The van der Waals surface area contributed by atoms with Crippen molar-refractivity contribution in [2.45, 2.75) is 47.2 Å². The Morgan fingerprint density at radius 2 is 2.06 bits per heavy atom. The lowest BCUT2D eigenvalue weighted by Crippen LogP contribution is -2.45. The summed E-state index contributed by atoms with van der Waals surface area (Å²) < 4.78 is 72.8. The van der Waals surface area contributed by atoms with Crippen molar-refractivity contribution in [2.24, 2.45) is 0 Å². The van der Waals surface area contributed by atoms with Crippen LogP contribution < -0.4 is 15.5 Å². The number of alkyl halides is 3. The Balaban J connectivity index is 1.59. The monoisotopic (exact) mass is 486 g/mol. The molecule has 2 atom stereocenters. The summed E-state index contributed by atoms with van der Waals surface area (Å²) in [5.74, 6) is -1.08. The van der Waals surface area contributed by atoms with E-state index in [1.165, 1.54) is 6.07 Å². The molecule has 2 aliphatic heterocycles. The van der Waals surface area contributed by atoms with Gasteiger partial charge in [0.05, 0.1) is 34.4 Å². The Kier molecular flexibility index (Phi) is 5.88. The molecule has 0 radical (unpaired) electrons. The van der Waals surface area contributed by atoms with Crippen molar-refractivity contribution in [1.82, 2.24) is 10.6 Å². The number of anilines is 1. The number of halogens is 3. The molecular formula is C20H21F3N4O5S. The number of rotatable bonds is 5. The molecule has 2 amide bonds. The van der Waals surface area contributed by atoms with E-state index in [9.17, 15) is 31.2 Å². The standard InChI is InChI=1S/C20H21F3N4O5S/c21-20(22,23)14-7-12(27-5-6-32-10-17(27)28)1-2-16(14)33(30,31)13-8-15(25-9-13)18(29)26-19(11-24)3-4-19/h1-2,7,13,15,25H,3-6,8-10H2,(H,26,29)/t13-,15+/m1/s1. The van der Waals surface area contributed by atoms with E-state index >= 15 is 0 Å². The van der Waals surface area contributed by atoms with Gasteiger partial charge in [0.15, 0.2) is 9.84 Å². The van der Waals surface area contributed by atoms with Crippen molar-refractivity contribution >= 4 is 27.3 Å². The Bertz CT molecular complexity index is 1130. The molecule has 0 bridgehead atoms. The molecule has 13 heteroatoms. The summed E-state index contributed by atoms with van der Waals surface area (Å²) in [4.78, 5) is 24.6. The first kappa shape index (κ1) is 23.5. The molecule has 4 rings (SSSR count). The average Bonchev–Trinajstić information content (AvgIpc) is 3.34. The lowest BCUT2D eigenvalue weighted by molar-refractivity contribution is -0.140. The maximum absolute atomic E-state index is 13.8. The van der Waals surface area contributed by atoms with Gasteiger partial charge in [0.2, 0.25) is 5.91 Å². The quantitative estimate of drug-likeness (QED) is 0.628. The Hall–Kier alpha value is -2.69. The smallest absolute Gasteiger partial charge is 0.370 e. The molecule has 9 nitrogen and oxygen atoms in total. The van der Waals surface area contributed by atoms with E-state index in [0.717, 1.165) is 11.0 Å². The minimum atomic E-state index is -4.98. The molecule has 3 fully saturated rings. The van der Waals surface area contributed by atoms with Crippen LogP contribution in [-0.4, -0.2) is 63.4 Å². The van der Waals surface area contributed by atoms with Gasteiger partial charge in [-0.05, 0) is 37.5 Å². The minimum Gasteiger partial charge on any atom is -0.370 e. The molecule has 3 aliphatic rings. The van der Waals surface area contributed by atoms with Crippen LogP contribution in [0.15, 0.2) is 23.1 Å². The molecule has 0 spiro atoms. The predicted molar refractivity (Wildman–Crippen MR) is 108 cm³/mol. The highest BCUT2D eigenvalue weighted by Crippen LogP contribution is 2.39. The number of nitrogens with zero attached hydrogens (tertiary/aromatic N) is 2. The van der Waals surface area contributed by atoms with E-state index in [2.05, 4.69) is 10.6 Å². The number of amides is 2. The zero-order valence-electron chi connectivity index (χ0n) is 17.3. The summed E-state index contributed by atoms with van der Waals surface area (Å²) >= 11 is 0. The number of benzene rings is 1. The lowest BCUT2D eigenvalue weighted by Gasteiger charge is -2.28. The van der Waals surface area contributed by atoms with Gasteiger partial charge in [-0.25, -0.2) is 8.42 Å². The highest BCUT2D eigenvalue weighted by molar-refractivity contribution is 7.92. The number of carbonyl (C=O) groups excluding carboxylic acids is 2. The second-order valence-electron chi connectivity index (χ2n) is 8.32. The van der Waals surface area contributed by atoms with E-state index in [1.807, 2.05) is 6.07 Å². The SMILES string of the molecule is N#CC1(NC(=O)[C@@H]2C[C@@H](S(=O)(=O)c3ccc(N4CCOCC4=O)cc3C(F)(F)F)CN2)CC1. The largest absolute Gasteiger partial charge is 0.417 e. The second-order valence-corrected chi connectivity index (χ2v) is 10.5. The first-order valence-electron chi connectivity index (χ1n) is 10.3. The van der Waals surface area contributed by atoms with Crippen LogP contribution in [0.25, 0.3) is 0 Å². The third-order valence-corrected chi connectivity index (χ3v) is 8.25. The van der Waals surface area contributed by atoms with E-state index in [-0.39, 0.29) is 38.4 Å². The Labute approximate surface area is 187 Å². The van der Waals surface area contributed by atoms with Gasteiger partial charge >= 0.3 is 6.18 Å². The zero-order chi connectivity index (χ0) is 24.0. The third kappa shape index (κ3) is 4.55. The van der Waals surface area contributed by atoms with Crippen molar-refractivity contribution in [3.8, 4) is 6.07 Å². The average molecular weight is 486 g/mol. The van der Waals surface area contributed by atoms with E-state index in [0.29, 0.717) is 18.9 Å². The molecule has 1 aliphatic carbocycles. The van der Waals surface area contributed by atoms with Gasteiger partial charge in [0.1, 0.15) is 12.1 Å². The molecule has 2 N–H and O–H groups in total. The molecule has 1 aromatic carbocycles. The van der Waals surface area contributed by atoms with Crippen LogP contribution in [0.2, 0.25) is 0 Å². The number of ether oxygens (including phenoxy) is 1. The van der Waals surface area contributed by atoms with Gasteiger partial charge < -0.3 is 20.3 Å². The van der Waals surface area contributed by atoms with Crippen LogP contribution in [-0.2, 0) is 30.3 Å². The van der Waals surface area contributed by atoms with Crippen LogP contribution in [0.5, 0.6) is 0 Å². The van der Waals surface area contributed by atoms with Crippen molar-refractivity contribution in [2.75, 3.05) is 31.2 Å². The molecule has 33 heavy (non-hydrogen) atoms. The van der Waals surface area contributed by atoms with E-state index in [1.54, 1.807) is 0 Å². The molecule has 178 valence electrons. The first-order valence-corrected chi connectivity index (χ1v) is 11.8. The van der Waals surface area contributed by atoms with Crippen LogP contribution in [0.3, 0.4) is 0 Å². The summed E-state index contributed by atoms with van der Waals surface area (Å²) in [5, 5.41) is 13.1. The van der Waals surface area contributed by atoms with Gasteiger partial charge in [0.25, 0.3) is 5.91 Å². The third-order valence-electron chi connectivity index (χ3n) is 6.04. The van der Waals surface area contributed by atoms with Crippen LogP contribution in [0.4, 0.5) is 18.9 Å². The van der Waals surface area contributed by atoms with Crippen molar-refractivity contribution in [3.63, 3.8) is 0 Å². The molecule has 1 aromatic rings. The summed E-state index contributed by atoms with van der Waals surface area (Å²) in [6, 6.07) is 3.75. The summed E-state index contributed by atoms with van der Waals surface area (Å²) in [6.07, 6.45) is -4.22. The molecular weight excluding hydrogens is 465 g/mol. The maximum Gasteiger partial charge on any atom is 0.417 e. The summed E-state index contributed by atoms with van der Waals surface area (Å²) in [7, 11) is -4.47. The fourth-order valence-electron chi connectivity index (χ4n) is 3.98. The van der Waals surface area contributed by atoms with E-state index < -0.39 is 55.1 Å². The Morgan fingerprint density at radius 1 is 1.33 bits per heavy atom. The highest BCUT2D eigenvalue weighted by atomic mass is 32.2. The minimum absolute atomic E-state index is 0.0513. The topological polar surface area (TPSA) is 129 Å².